The molecule has 1 unspecified atom stereocenters. The highest BCUT2D eigenvalue weighted by atomic mass is 19.1. The molecule has 5 heteroatoms. The molecule has 0 aromatic heterocycles. The van der Waals surface area contributed by atoms with Gasteiger partial charge in [0.15, 0.2) is 0 Å². The third-order valence-electron chi connectivity index (χ3n) is 2.76. The summed E-state index contributed by atoms with van der Waals surface area (Å²) in [5.41, 5.74) is 0.0476. The van der Waals surface area contributed by atoms with Crippen LogP contribution >= 0.6 is 0 Å². The normalized spacial score (nSPS) is 12.8. The van der Waals surface area contributed by atoms with E-state index in [0.717, 1.165) is 0 Å². The third-order valence-corrected chi connectivity index (χ3v) is 2.76. The van der Waals surface area contributed by atoms with Crippen LogP contribution in [-0.2, 0) is 16.1 Å². The van der Waals surface area contributed by atoms with Gasteiger partial charge in [0.2, 0.25) is 5.91 Å². The van der Waals surface area contributed by atoms with Gasteiger partial charge in [-0.1, -0.05) is 32.9 Å². The lowest BCUT2D eigenvalue weighted by Crippen LogP contribution is -2.42. The van der Waals surface area contributed by atoms with E-state index in [1.807, 2.05) is 0 Å². The molecule has 0 aliphatic heterocycles. The minimum absolute atomic E-state index is 0.180. The van der Waals surface area contributed by atoms with E-state index in [1.54, 1.807) is 32.9 Å². The number of halogens is 1. The van der Waals surface area contributed by atoms with Crippen LogP contribution in [0.4, 0.5) is 4.39 Å². The number of benzene rings is 1. The van der Waals surface area contributed by atoms with E-state index in [4.69, 9.17) is 5.11 Å². The molecular weight excluding hydrogens is 249 g/mol. The highest BCUT2D eigenvalue weighted by molar-refractivity contribution is 5.97. The van der Waals surface area contributed by atoms with Crippen molar-refractivity contribution in [3.05, 3.63) is 35.6 Å². The molecule has 1 aromatic rings. The predicted molar refractivity (Wildman–Crippen MR) is 68.8 cm³/mol. The first-order valence-corrected chi connectivity index (χ1v) is 5.97. The van der Waals surface area contributed by atoms with Crippen molar-refractivity contribution < 1.29 is 19.1 Å². The Morgan fingerprint density at radius 2 is 1.79 bits per heavy atom. The SMILES string of the molecule is CC(C)(C)C(C(=O)O)C(=O)NCc1ccc(F)cc1. The average Bonchev–Trinajstić information content (AvgIpc) is 2.25. The molecule has 0 spiro atoms. The minimum atomic E-state index is -1.15. The van der Waals surface area contributed by atoms with Crippen molar-refractivity contribution in [2.24, 2.45) is 11.3 Å². The summed E-state index contributed by atoms with van der Waals surface area (Å²) in [6.45, 7) is 5.27. The van der Waals surface area contributed by atoms with Gasteiger partial charge in [0.25, 0.3) is 0 Å². The van der Waals surface area contributed by atoms with Gasteiger partial charge in [0.05, 0.1) is 0 Å². The molecule has 1 atom stereocenters. The van der Waals surface area contributed by atoms with Crippen LogP contribution < -0.4 is 5.32 Å². The number of aliphatic carboxylic acids is 1. The summed E-state index contributed by atoms with van der Waals surface area (Å²) in [4.78, 5) is 23.0. The Labute approximate surface area is 111 Å². The van der Waals surface area contributed by atoms with Crippen LogP contribution in [-0.4, -0.2) is 17.0 Å². The Kier molecular flexibility index (Phi) is 4.64. The van der Waals surface area contributed by atoms with Crippen molar-refractivity contribution in [3.8, 4) is 0 Å². The molecule has 2 N–H and O–H groups in total. The summed E-state index contributed by atoms with van der Waals surface area (Å²) in [7, 11) is 0. The van der Waals surface area contributed by atoms with Gasteiger partial charge < -0.3 is 10.4 Å². The van der Waals surface area contributed by atoms with E-state index in [1.165, 1.54) is 12.1 Å². The summed E-state index contributed by atoms with van der Waals surface area (Å²) in [5, 5.41) is 11.7. The van der Waals surface area contributed by atoms with Crippen molar-refractivity contribution in [2.75, 3.05) is 0 Å². The lowest BCUT2D eigenvalue weighted by atomic mass is 9.80. The first kappa shape index (κ1) is 15.1. The van der Waals surface area contributed by atoms with Crippen molar-refractivity contribution in [1.82, 2.24) is 5.32 Å². The van der Waals surface area contributed by atoms with Crippen LogP contribution in [0.2, 0.25) is 0 Å². The molecular formula is C14H18FNO3. The zero-order valence-electron chi connectivity index (χ0n) is 11.2. The maximum Gasteiger partial charge on any atom is 0.316 e. The van der Waals surface area contributed by atoms with E-state index in [0.29, 0.717) is 5.56 Å². The van der Waals surface area contributed by atoms with Gasteiger partial charge >= 0.3 is 5.97 Å². The fraction of sp³-hybridized carbons (Fsp3) is 0.429. The zero-order chi connectivity index (χ0) is 14.6. The smallest absolute Gasteiger partial charge is 0.316 e. The molecule has 1 aromatic carbocycles. The average molecular weight is 267 g/mol. The highest BCUT2D eigenvalue weighted by Gasteiger charge is 2.37. The molecule has 1 amide bonds. The molecule has 0 heterocycles. The predicted octanol–water partition coefficient (Wildman–Crippen LogP) is 2.19. The van der Waals surface area contributed by atoms with E-state index in [9.17, 15) is 14.0 Å². The molecule has 4 nitrogen and oxygen atoms in total. The van der Waals surface area contributed by atoms with Gasteiger partial charge in [-0.2, -0.15) is 0 Å². The number of carboxylic acids is 1. The molecule has 0 saturated carbocycles. The number of carboxylic acid groups (broad SMARTS) is 1. The van der Waals surface area contributed by atoms with Crippen LogP contribution in [0.15, 0.2) is 24.3 Å². The fourth-order valence-corrected chi connectivity index (χ4v) is 1.77. The maximum atomic E-state index is 12.7. The lowest BCUT2D eigenvalue weighted by Gasteiger charge is -2.25. The van der Waals surface area contributed by atoms with Crippen LogP contribution in [0.25, 0.3) is 0 Å². The standard InChI is InChI=1S/C14H18FNO3/c1-14(2,3)11(13(18)19)12(17)16-8-9-4-6-10(15)7-5-9/h4-7,11H,8H2,1-3H3,(H,16,17)(H,18,19). The summed E-state index contributed by atoms with van der Waals surface area (Å²) < 4.78 is 12.7. The van der Waals surface area contributed by atoms with Crippen LogP contribution in [0.1, 0.15) is 26.3 Å². The molecule has 104 valence electrons. The number of rotatable bonds is 4. The molecule has 0 fully saturated rings. The molecule has 19 heavy (non-hydrogen) atoms. The third kappa shape index (κ3) is 4.35. The molecule has 0 saturated heterocycles. The van der Waals surface area contributed by atoms with E-state index < -0.39 is 23.2 Å². The largest absolute Gasteiger partial charge is 0.481 e. The van der Waals surface area contributed by atoms with Gasteiger partial charge in [-0.15, -0.1) is 0 Å². The molecule has 1 rings (SSSR count). The Balaban J connectivity index is 2.68. The highest BCUT2D eigenvalue weighted by Crippen LogP contribution is 2.26. The van der Waals surface area contributed by atoms with Gasteiger partial charge in [0, 0.05) is 6.54 Å². The van der Waals surface area contributed by atoms with E-state index >= 15 is 0 Å². The Morgan fingerprint density at radius 1 is 1.26 bits per heavy atom. The van der Waals surface area contributed by atoms with Gasteiger partial charge in [-0.3, -0.25) is 9.59 Å². The molecule has 0 aliphatic carbocycles. The second kappa shape index (κ2) is 5.82. The quantitative estimate of drug-likeness (QED) is 0.822. The van der Waals surface area contributed by atoms with Crippen molar-refractivity contribution in [2.45, 2.75) is 27.3 Å². The topological polar surface area (TPSA) is 66.4 Å². The number of amides is 1. The van der Waals surface area contributed by atoms with Gasteiger partial charge in [-0.25, -0.2) is 4.39 Å². The number of carbonyl (C=O) groups excluding carboxylic acids is 1. The number of hydrogen-bond acceptors (Lipinski definition) is 2. The molecule has 0 aliphatic rings. The minimum Gasteiger partial charge on any atom is -0.481 e. The summed E-state index contributed by atoms with van der Waals surface area (Å²) in [6.07, 6.45) is 0. The second-order valence-electron chi connectivity index (χ2n) is 5.48. The second-order valence-corrected chi connectivity index (χ2v) is 5.48. The zero-order valence-corrected chi connectivity index (χ0v) is 11.2. The first-order valence-electron chi connectivity index (χ1n) is 5.97. The molecule has 0 bridgehead atoms. The van der Waals surface area contributed by atoms with Gasteiger partial charge in [0.1, 0.15) is 11.7 Å². The number of hydrogen-bond donors (Lipinski definition) is 2. The number of nitrogens with one attached hydrogen (secondary N) is 1. The Hall–Kier alpha value is -1.91. The van der Waals surface area contributed by atoms with E-state index in [-0.39, 0.29) is 12.4 Å². The van der Waals surface area contributed by atoms with E-state index in [2.05, 4.69) is 5.32 Å². The maximum absolute atomic E-state index is 12.7. The monoisotopic (exact) mass is 267 g/mol. The van der Waals surface area contributed by atoms with Crippen LogP contribution in [0, 0.1) is 17.2 Å². The van der Waals surface area contributed by atoms with Crippen LogP contribution in [0.3, 0.4) is 0 Å². The van der Waals surface area contributed by atoms with Crippen molar-refractivity contribution >= 4 is 11.9 Å². The number of carbonyl (C=O) groups is 2. The van der Waals surface area contributed by atoms with Crippen molar-refractivity contribution in [1.29, 1.82) is 0 Å². The lowest BCUT2D eigenvalue weighted by molar-refractivity contribution is -0.151. The fourth-order valence-electron chi connectivity index (χ4n) is 1.77. The van der Waals surface area contributed by atoms with Crippen molar-refractivity contribution in [3.63, 3.8) is 0 Å². The first-order chi connectivity index (χ1) is 8.71. The summed E-state index contributed by atoms with van der Waals surface area (Å²) in [6, 6.07) is 5.67. The Bertz CT molecular complexity index is 463. The molecule has 0 radical (unpaired) electrons. The Morgan fingerprint density at radius 3 is 2.21 bits per heavy atom. The van der Waals surface area contributed by atoms with Gasteiger partial charge in [-0.05, 0) is 23.1 Å². The van der Waals surface area contributed by atoms with Crippen LogP contribution in [0.5, 0.6) is 0 Å². The summed E-state index contributed by atoms with van der Waals surface area (Å²) in [5.74, 6) is -3.16. The summed E-state index contributed by atoms with van der Waals surface area (Å²) >= 11 is 0.